The van der Waals surface area contributed by atoms with E-state index in [1.165, 1.54) is 0 Å². The van der Waals surface area contributed by atoms with Crippen LogP contribution >= 0.6 is 0 Å². The van der Waals surface area contributed by atoms with Gasteiger partial charge in [-0.25, -0.2) is 0 Å². The molecule has 0 aromatic heterocycles. The molecule has 1 fully saturated rings. The van der Waals surface area contributed by atoms with Crippen LogP contribution in [0.15, 0.2) is 71.6 Å². The topological polar surface area (TPSA) is 74.3 Å². The second kappa shape index (κ2) is 10.5. The summed E-state index contributed by atoms with van der Waals surface area (Å²) in [5, 5.41) is 0. The van der Waals surface area contributed by atoms with Gasteiger partial charge >= 0.3 is 10.1 Å². The summed E-state index contributed by atoms with van der Waals surface area (Å²) in [5.74, 6) is 1.81. The Bertz CT molecular complexity index is 1210. The predicted octanol–water partition coefficient (Wildman–Crippen LogP) is 4.35. The number of morpholine rings is 1. The van der Waals surface area contributed by atoms with Gasteiger partial charge in [0.2, 0.25) is 0 Å². The number of hydrogen-bond donors (Lipinski definition) is 0. The third kappa shape index (κ3) is 5.70. The van der Waals surface area contributed by atoms with Gasteiger partial charge in [-0.2, -0.15) is 8.42 Å². The highest BCUT2D eigenvalue weighted by Crippen LogP contribution is 2.29. The first-order valence-corrected chi connectivity index (χ1v) is 12.4. The molecule has 3 aromatic carbocycles. The molecule has 1 aliphatic rings. The van der Waals surface area contributed by atoms with Crippen LogP contribution in [0.4, 0.5) is 0 Å². The van der Waals surface area contributed by atoms with Crippen LogP contribution in [0.25, 0.3) is 0 Å². The second-order valence-electron chi connectivity index (χ2n) is 8.19. The van der Waals surface area contributed by atoms with E-state index in [1.807, 2.05) is 37.3 Å². The average Bonchev–Trinajstić information content (AvgIpc) is 2.85. The fraction of sp³-hybridized carbons (Fsp3) is 0.308. The van der Waals surface area contributed by atoms with Crippen molar-refractivity contribution in [3.8, 4) is 17.2 Å². The van der Waals surface area contributed by atoms with Crippen LogP contribution in [-0.4, -0.2) is 47.2 Å². The third-order valence-electron chi connectivity index (χ3n) is 5.81. The molecule has 180 valence electrons. The Morgan fingerprint density at radius 2 is 1.65 bits per heavy atom. The Hall–Kier alpha value is -3.07. The van der Waals surface area contributed by atoms with Crippen molar-refractivity contribution in [2.45, 2.75) is 24.5 Å². The van der Waals surface area contributed by atoms with Crippen LogP contribution in [0.5, 0.6) is 17.2 Å². The average molecular weight is 484 g/mol. The van der Waals surface area contributed by atoms with E-state index in [-0.39, 0.29) is 16.7 Å². The Morgan fingerprint density at radius 3 is 2.32 bits per heavy atom. The van der Waals surface area contributed by atoms with Crippen molar-refractivity contribution in [3.05, 3.63) is 83.4 Å². The molecule has 1 aliphatic heterocycles. The molecule has 7 nitrogen and oxygen atoms in total. The van der Waals surface area contributed by atoms with Crippen LogP contribution in [0, 0.1) is 6.92 Å². The molecular formula is C26H29NO6S. The lowest BCUT2D eigenvalue weighted by atomic mass is 10.1. The molecule has 1 saturated heterocycles. The van der Waals surface area contributed by atoms with Crippen LogP contribution in [-0.2, 0) is 21.4 Å². The zero-order valence-electron chi connectivity index (χ0n) is 19.6. The van der Waals surface area contributed by atoms with Crippen molar-refractivity contribution in [2.24, 2.45) is 0 Å². The highest BCUT2D eigenvalue weighted by Gasteiger charge is 2.24. The quantitative estimate of drug-likeness (QED) is 0.441. The van der Waals surface area contributed by atoms with Crippen molar-refractivity contribution in [1.29, 1.82) is 0 Å². The van der Waals surface area contributed by atoms with Crippen molar-refractivity contribution < 1.29 is 26.8 Å². The van der Waals surface area contributed by atoms with Crippen molar-refractivity contribution in [1.82, 2.24) is 4.90 Å². The van der Waals surface area contributed by atoms with E-state index in [0.29, 0.717) is 13.2 Å². The summed E-state index contributed by atoms with van der Waals surface area (Å²) in [5.41, 5.74) is 3.02. The Morgan fingerprint density at radius 1 is 0.941 bits per heavy atom. The first-order chi connectivity index (χ1) is 16.4. The minimum Gasteiger partial charge on any atom is -0.497 e. The van der Waals surface area contributed by atoms with E-state index < -0.39 is 10.1 Å². The maximum absolute atomic E-state index is 12.5. The summed E-state index contributed by atoms with van der Waals surface area (Å²) in [4.78, 5) is 2.44. The standard InChI is InChI=1S/C26H29NO6S/c1-19-4-12-24(13-5-19)34(28,29)33-22-9-6-20(7-10-22)26-18-27(14-15-32-26)17-21-8-11-23(30-2)16-25(21)31-3/h4-13,16,26H,14-15,17-18H2,1-3H3/t26-/m1/s1. The minimum absolute atomic E-state index is 0.124. The first-order valence-electron chi connectivity index (χ1n) is 11.0. The number of hydrogen-bond acceptors (Lipinski definition) is 7. The van der Waals surface area contributed by atoms with Crippen molar-refractivity contribution in [3.63, 3.8) is 0 Å². The summed E-state index contributed by atoms with van der Waals surface area (Å²) >= 11 is 0. The van der Waals surface area contributed by atoms with Crippen LogP contribution < -0.4 is 13.7 Å². The SMILES string of the molecule is COc1ccc(CN2CCO[C@@H](c3ccc(OS(=O)(=O)c4ccc(C)cc4)cc3)C2)c(OC)c1. The van der Waals surface area contributed by atoms with Crippen LogP contribution in [0.1, 0.15) is 22.8 Å². The Kier molecular flexibility index (Phi) is 7.41. The van der Waals surface area contributed by atoms with E-state index in [2.05, 4.69) is 4.90 Å². The number of rotatable bonds is 8. The van der Waals surface area contributed by atoms with Gasteiger partial charge in [-0.15, -0.1) is 0 Å². The summed E-state index contributed by atoms with van der Waals surface area (Å²) in [6.07, 6.45) is -0.124. The van der Waals surface area contributed by atoms with E-state index in [0.717, 1.165) is 41.3 Å². The highest BCUT2D eigenvalue weighted by molar-refractivity contribution is 7.87. The fourth-order valence-electron chi connectivity index (χ4n) is 3.89. The summed E-state index contributed by atoms with van der Waals surface area (Å²) in [6.45, 7) is 4.74. The van der Waals surface area contributed by atoms with Gasteiger partial charge in [-0.05, 0) is 42.8 Å². The molecular weight excluding hydrogens is 454 g/mol. The second-order valence-corrected chi connectivity index (χ2v) is 9.74. The molecule has 0 spiro atoms. The Labute approximate surface area is 201 Å². The lowest BCUT2D eigenvalue weighted by Gasteiger charge is -2.33. The maximum atomic E-state index is 12.5. The normalized spacial score (nSPS) is 16.7. The monoisotopic (exact) mass is 483 g/mol. The molecule has 3 aromatic rings. The van der Waals surface area contributed by atoms with Gasteiger partial charge in [0.25, 0.3) is 0 Å². The molecule has 34 heavy (non-hydrogen) atoms. The Balaban J connectivity index is 1.41. The van der Waals surface area contributed by atoms with Crippen LogP contribution in [0.3, 0.4) is 0 Å². The number of ether oxygens (including phenoxy) is 3. The molecule has 0 amide bonds. The number of aryl methyl sites for hydroxylation is 1. The summed E-state index contributed by atoms with van der Waals surface area (Å²) in [6, 6.07) is 19.4. The van der Waals surface area contributed by atoms with Gasteiger partial charge < -0.3 is 18.4 Å². The zero-order chi connectivity index (χ0) is 24.1. The molecule has 0 radical (unpaired) electrons. The maximum Gasteiger partial charge on any atom is 0.339 e. The van der Waals surface area contributed by atoms with Crippen molar-refractivity contribution >= 4 is 10.1 Å². The summed E-state index contributed by atoms with van der Waals surface area (Å²) < 4.78 is 47.2. The summed E-state index contributed by atoms with van der Waals surface area (Å²) in [7, 11) is -0.593. The van der Waals surface area contributed by atoms with Gasteiger partial charge in [-0.1, -0.05) is 35.9 Å². The smallest absolute Gasteiger partial charge is 0.339 e. The largest absolute Gasteiger partial charge is 0.497 e. The van der Waals surface area contributed by atoms with Gasteiger partial charge in [0, 0.05) is 31.3 Å². The molecule has 1 atom stereocenters. The van der Waals surface area contributed by atoms with Crippen LogP contribution in [0.2, 0.25) is 0 Å². The van der Waals surface area contributed by atoms with Gasteiger partial charge in [0.15, 0.2) is 0 Å². The van der Waals surface area contributed by atoms with E-state index in [4.69, 9.17) is 18.4 Å². The van der Waals surface area contributed by atoms with E-state index >= 15 is 0 Å². The molecule has 0 bridgehead atoms. The highest BCUT2D eigenvalue weighted by atomic mass is 32.2. The number of benzene rings is 3. The first kappa shape index (κ1) is 24.1. The number of methoxy groups -OCH3 is 2. The lowest BCUT2D eigenvalue weighted by Crippen LogP contribution is -2.37. The minimum atomic E-state index is -3.88. The third-order valence-corrected chi connectivity index (χ3v) is 7.07. The zero-order valence-corrected chi connectivity index (χ0v) is 20.4. The number of nitrogens with zero attached hydrogens (tertiary/aromatic N) is 1. The van der Waals surface area contributed by atoms with Gasteiger partial charge in [0.1, 0.15) is 22.1 Å². The van der Waals surface area contributed by atoms with Gasteiger partial charge in [-0.3, -0.25) is 4.90 Å². The van der Waals surface area contributed by atoms with E-state index in [1.54, 1.807) is 50.6 Å². The van der Waals surface area contributed by atoms with E-state index in [9.17, 15) is 8.42 Å². The molecule has 4 rings (SSSR count). The molecule has 0 N–H and O–H groups in total. The lowest BCUT2D eigenvalue weighted by molar-refractivity contribution is -0.0331. The predicted molar refractivity (Wildman–Crippen MR) is 129 cm³/mol. The van der Waals surface area contributed by atoms with Crippen molar-refractivity contribution in [2.75, 3.05) is 33.9 Å². The fourth-order valence-corrected chi connectivity index (χ4v) is 4.82. The molecule has 0 aliphatic carbocycles. The van der Waals surface area contributed by atoms with Gasteiger partial charge in [0.05, 0.1) is 26.9 Å². The molecule has 1 heterocycles. The molecule has 8 heteroatoms. The molecule has 0 unspecified atom stereocenters. The molecule has 0 saturated carbocycles.